The van der Waals surface area contributed by atoms with E-state index in [9.17, 15) is 19.2 Å². The van der Waals surface area contributed by atoms with Gasteiger partial charge >= 0.3 is 0 Å². The molecule has 1 aromatic rings. The average molecular weight is 418 g/mol. The third-order valence-corrected chi connectivity index (χ3v) is 5.46. The highest BCUT2D eigenvalue weighted by Crippen LogP contribution is 2.30. The van der Waals surface area contributed by atoms with Gasteiger partial charge in [0.25, 0.3) is 5.91 Å². The second kappa shape index (κ2) is 9.34. The lowest BCUT2D eigenvalue weighted by Crippen LogP contribution is -2.52. The zero-order valence-electron chi connectivity index (χ0n) is 17.3. The molecule has 30 heavy (non-hydrogen) atoms. The maximum absolute atomic E-state index is 15.0. The molecule has 1 unspecified atom stereocenters. The van der Waals surface area contributed by atoms with E-state index in [-0.39, 0.29) is 48.9 Å². The van der Waals surface area contributed by atoms with Gasteiger partial charge in [-0.05, 0) is 46.0 Å². The minimum Gasteiger partial charge on any atom is -0.352 e. The molecule has 0 saturated carbocycles. The van der Waals surface area contributed by atoms with Crippen LogP contribution >= 0.6 is 0 Å². The van der Waals surface area contributed by atoms with Crippen molar-refractivity contribution >= 4 is 23.6 Å². The van der Waals surface area contributed by atoms with Crippen molar-refractivity contribution in [3.8, 4) is 0 Å². The Balaban J connectivity index is 1.60. The molecule has 1 atom stereocenters. The maximum atomic E-state index is 15.0. The molecular weight excluding hydrogens is 391 g/mol. The molecule has 0 aliphatic carbocycles. The van der Waals surface area contributed by atoms with Gasteiger partial charge < -0.3 is 15.1 Å². The third-order valence-electron chi connectivity index (χ3n) is 5.46. The fourth-order valence-corrected chi connectivity index (χ4v) is 3.79. The number of amides is 4. The van der Waals surface area contributed by atoms with E-state index in [1.165, 1.54) is 17.0 Å². The van der Waals surface area contributed by atoms with Crippen LogP contribution < -0.4 is 10.6 Å². The minimum atomic E-state index is -0.785. The average Bonchev–Trinajstić information content (AvgIpc) is 3.02. The van der Waals surface area contributed by atoms with E-state index >= 15 is 4.39 Å². The quantitative estimate of drug-likeness (QED) is 0.484. The summed E-state index contributed by atoms with van der Waals surface area (Å²) in [5, 5.41) is 4.95. The fourth-order valence-electron chi connectivity index (χ4n) is 3.79. The molecule has 0 aromatic heterocycles. The Morgan fingerprint density at radius 1 is 1.27 bits per heavy atom. The lowest BCUT2D eigenvalue weighted by Gasteiger charge is -2.29. The van der Waals surface area contributed by atoms with Gasteiger partial charge in [0.1, 0.15) is 11.9 Å². The summed E-state index contributed by atoms with van der Waals surface area (Å²) in [5.74, 6) is -2.01. The third kappa shape index (κ3) is 4.84. The number of nitrogens with one attached hydrogen (secondary N) is 2. The maximum Gasteiger partial charge on any atom is 0.255 e. The number of carbonyl (C=O) groups excluding carboxylic acids is 4. The van der Waals surface area contributed by atoms with E-state index in [0.717, 1.165) is 19.4 Å². The number of hydrogen-bond acceptors (Lipinski definition) is 5. The lowest BCUT2D eigenvalue weighted by atomic mass is 10.0. The molecule has 2 aliphatic heterocycles. The van der Waals surface area contributed by atoms with E-state index < -0.39 is 23.7 Å². The van der Waals surface area contributed by atoms with Gasteiger partial charge in [0.15, 0.2) is 0 Å². The van der Waals surface area contributed by atoms with E-state index in [2.05, 4.69) is 15.5 Å². The van der Waals surface area contributed by atoms with Crippen LogP contribution in [0.25, 0.3) is 0 Å². The molecule has 1 fully saturated rings. The zero-order chi connectivity index (χ0) is 21.8. The summed E-state index contributed by atoms with van der Waals surface area (Å²) in [7, 11) is 3.95. The summed E-state index contributed by atoms with van der Waals surface area (Å²) in [6.45, 7) is 0.918. The number of fused-ring (bicyclic) bond motifs is 1. The summed E-state index contributed by atoms with van der Waals surface area (Å²) >= 11 is 0. The standard InChI is InChI=1S/C21H27FN4O4/c1-25(2)10-4-3-5-17(27)23-11-13-6-7-14-15(19(13)22)12-26(21(14)30)16-8-9-18(28)24-20(16)29/h6-7,16H,3-5,8-12H2,1-2H3,(H,23,27)(H,24,28,29). The van der Waals surface area contributed by atoms with Crippen LogP contribution in [0.4, 0.5) is 4.39 Å². The van der Waals surface area contributed by atoms with Crippen LogP contribution in [0, 0.1) is 5.82 Å². The smallest absolute Gasteiger partial charge is 0.255 e. The first-order valence-electron chi connectivity index (χ1n) is 10.1. The molecular formula is C21H27FN4O4. The van der Waals surface area contributed by atoms with Gasteiger partial charge in [0.2, 0.25) is 17.7 Å². The van der Waals surface area contributed by atoms with Crippen LogP contribution in [0.5, 0.6) is 0 Å². The Morgan fingerprint density at radius 2 is 2.03 bits per heavy atom. The normalized spacial score (nSPS) is 18.6. The predicted molar refractivity (Wildman–Crippen MR) is 107 cm³/mol. The van der Waals surface area contributed by atoms with Gasteiger partial charge in [0.05, 0.1) is 6.54 Å². The molecule has 4 amide bonds. The second-order valence-corrected chi connectivity index (χ2v) is 8.00. The van der Waals surface area contributed by atoms with Crippen LogP contribution in [0.15, 0.2) is 12.1 Å². The van der Waals surface area contributed by atoms with E-state index in [0.29, 0.717) is 12.0 Å². The van der Waals surface area contributed by atoms with Crippen LogP contribution in [0.2, 0.25) is 0 Å². The molecule has 0 radical (unpaired) electrons. The zero-order valence-corrected chi connectivity index (χ0v) is 17.3. The van der Waals surface area contributed by atoms with E-state index in [1.54, 1.807) is 0 Å². The van der Waals surface area contributed by atoms with Gasteiger partial charge in [-0.15, -0.1) is 0 Å². The molecule has 8 nitrogen and oxygen atoms in total. The predicted octanol–water partition coefficient (Wildman–Crippen LogP) is 0.935. The molecule has 3 rings (SSSR count). The van der Waals surface area contributed by atoms with Gasteiger partial charge in [-0.2, -0.15) is 0 Å². The number of hydrogen-bond donors (Lipinski definition) is 2. The fraction of sp³-hybridized carbons (Fsp3) is 0.524. The molecule has 2 heterocycles. The Morgan fingerprint density at radius 3 is 2.73 bits per heavy atom. The Bertz CT molecular complexity index is 871. The topological polar surface area (TPSA) is 98.8 Å². The number of halogens is 1. The Kier molecular flexibility index (Phi) is 6.81. The van der Waals surface area contributed by atoms with Crippen molar-refractivity contribution in [3.63, 3.8) is 0 Å². The molecule has 1 saturated heterocycles. The van der Waals surface area contributed by atoms with Crippen molar-refractivity contribution in [2.75, 3.05) is 20.6 Å². The van der Waals surface area contributed by atoms with Crippen LogP contribution in [-0.2, 0) is 27.5 Å². The number of imide groups is 1. The van der Waals surface area contributed by atoms with Crippen LogP contribution in [0.3, 0.4) is 0 Å². The largest absolute Gasteiger partial charge is 0.352 e. The minimum absolute atomic E-state index is 0.0292. The van der Waals surface area contributed by atoms with E-state index in [4.69, 9.17) is 0 Å². The highest BCUT2D eigenvalue weighted by molar-refractivity contribution is 6.05. The first-order chi connectivity index (χ1) is 14.3. The second-order valence-electron chi connectivity index (χ2n) is 8.00. The molecule has 162 valence electrons. The Labute approximate surface area is 174 Å². The number of piperidine rings is 1. The molecule has 1 aromatic carbocycles. The summed E-state index contributed by atoms with van der Waals surface area (Å²) in [6.07, 6.45) is 2.41. The highest BCUT2D eigenvalue weighted by atomic mass is 19.1. The molecule has 2 aliphatic rings. The first kappa shape index (κ1) is 21.9. The number of unbranched alkanes of at least 4 members (excludes halogenated alkanes) is 1. The summed E-state index contributed by atoms with van der Waals surface area (Å²) in [6, 6.07) is 2.24. The van der Waals surface area contributed by atoms with Gasteiger partial charge in [-0.3, -0.25) is 24.5 Å². The highest BCUT2D eigenvalue weighted by Gasteiger charge is 2.40. The van der Waals surface area contributed by atoms with Crippen molar-refractivity contribution in [2.45, 2.75) is 51.2 Å². The van der Waals surface area contributed by atoms with Crippen LogP contribution in [-0.4, -0.2) is 60.1 Å². The summed E-state index contributed by atoms with van der Waals surface area (Å²) in [5.41, 5.74) is 0.742. The van der Waals surface area contributed by atoms with Crippen molar-refractivity contribution in [1.29, 1.82) is 0 Å². The summed E-state index contributed by atoms with van der Waals surface area (Å²) in [4.78, 5) is 51.5. The van der Waals surface area contributed by atoms with Gasteiger partial charge in [-0.25, -0.2) is 4.39 Å². The number of rotatable bonds is 8. The van der Waals surface area contributed by atoms with Crippen molar-refractivity contribution in [1.82, 2.24) is 20.4 Å². The van der Waals surface area contributed by atoms with Crippen LogP contribution in [0.1, 0.15) is 53.6 Å². The lowest BCUT2D eigenvalue weighted by molar-refractivity contribution is -0.137. The number of nitrogens with zero attached hydrogens (tertiary/aromatic N) is 2. The Hall–Kier alpha value is -2.81. The van der Waals surface area contributed by atoms with Gasteiger partial charge in [-0.1, -0.05) is 6.07 Å². The molecule has 0 bridgehead atoms. The van der Waals surface area contributed by atoms with Crippen molar-refractivity contribution < 1.29 is 23.6 Å². The first-order valence-corrected chi connectivity index (χ1v) is 10.1. The van der Waals surface area contributed by atoms with Crippen molar-refractivity contribution in [2.24, 2.45) is 0 Å². The number of benzene rings is 1. The SMILES string of the molecule is CN(C)CCCCC(=O)NCc1ccc2c(c1F)CN(C1CCC(=O)NC1=O)C2=O. The monoisotopic (exact) mass is 418 g/mol. The molecule has 9 heteroatoms. The molecule has 0 spiro atoms. The molecule has 2 N–H and O–H groups in total. The van der Waals surface area contributed by atoms with Gasteiger partial charge in [0, 0.05) is 36.1 Å². The number of carbonyl (C=O) groups is 4. The summed E-state index contributed by atoms with van der Waals surface area (Å²) < 4.78 is 15.0. The van der Waals surface area contributed by atoms with Crippen molar-refractivity contribution in [3.05, 3.63) is 34.6 Å². The van der Waals surface area contributed by atoms with E-state index in [1.807, 2.05) is 14.1 Å².